The highest BCUT2D eigenvalue weighted by Gasteiger charge is 2.39. The molecule has 37 heavy (non-hydrogen) atoms. The zero-order chi connectivity index (χ0) is 25.1. The van der Waals surface area contributed by atoms with Crippen LogP contribution < -0.4 is 10.2 Å². The number of nitrogens with one attached hydrogen (secondary N) is 1. The Hall–Kier alpha value is -4.92. The van der Waals surface area contributed by atoms with E-state index in [1.807, 2.05) is 30.5 Å². The summed E-state index contributed by atoms with van der Waals surface area (Å²) in [7, 11) is 0. The normalized spacial score (nSPS) is 18.4. The molecule has 0 aliphatic carbocycles. The van der Waals surface area contributed by atoms with Crippen LogP contribution in [0.4, 0.5) is 10.1 Å². The van der Waals surface area contributed by atoms with Crippen LogP contribution in [0.3, 0.4) is 0 Å². The van der Waals surface area contributed by atoms with Gasteiger partial charge in [-0.1, -0.05) is 36.4 Å². The molecular weight excluding hydrogens is 471 g/mol. The number of hydrogen-bond donors (Lipinski definition) is 1. The fourth-order valence-electron chi connectivity index (χ4n) is 5.46. The lowest BCUT2D eigenvalue weighted by Gasteiger charge is -2.24. The first-order chi connectivity index (χ1) is 18.1. The van der Waals surface area contributed by atoms with Crippen LogP contribution in [0.2, 0.25) is 0 Å². The van der Waals surface area contributed by atoms with E-state index < -0.39 is 11.8 Å². The Bertz CT molecular complexity index is 1730. The molecule has 1 atom stereocenters. The summed E-state index contributed by atoms with van der Waals surface area (Å²) in [6, 6.07) is 14.4. The van der Waals surface area contributed by atoms with E-state index in [-0.39, 0.29) is 23.0 Å². The molecule has 3 aliphatic rings. The van der Waals surface area contributed by atoms with Crippen molar-refractivity contribution < 1.29 is 14.0 Å². The van der Waals surface area contributed by atoms with Gasteiger partial charge in [-0.2, -0.15) is 0 Å². The molecule has 5 heterocycles. The van der Waals surface area contributed by atoms with Crippen LogP contribution in [0.5, 0.6) is 0 Å². The number of carbonyl (C=O) groups is 2. The highest BCUT2D eigenvalue weighted by atomic mass is 19.1. The number of imide groups is 1. The van der Waals surface area contributed by atoms with Crippen molar-refractivity contribution in [1.29, 1.82) is 0 Å². The maximum absolute atomic E-state index is 14.5. The molecule has 1 unspecified atom stereocenters. The van der Waals surface area contributed by atoms with Crippen LogP contribution in [0.25, 0.3) is 11.4 Å². The molecule has 2 amide bonds. The molecule has 180 valence electrons. The molecule has 0 saturated carbocycles. The first-order valence-electron chi connectivity index (χ1n) is 11.9. The van der Waals surface area contributed by atoms with Crippen LogP contribution >= 0.6 is 0 Å². The van der Waals surface area contributed by atoms with Gasteiger partial charge in [0.25, 0.3) is 11.8 Å². The first kappa shape index (κ1) is 21.4. The SMILES string of the molecule is O=C1NC(=O)C(c2cnc3ncccn23)=C1C1=NC=CN2c3c(cccc31)CC2Cc1ccccc1F. The number of amides is 2. The van der Waals surface area contributed by atoms with Gasteiger partial charge in [0.05, 0.1) is 34.4 Å². The fraction of sp³-hybridized carbons (Fsp3) is 0.107. The van der Waals surface area contributed by atoms with Gasteiger partial charge in [-0.3, -0.25) is 24.3 Å². The largest absolute Gasteiger partial charge is 0.342 e. The van der Waals surface area contributed by atoms with Crippen LogP contribution in [0.15, 0.2) is 90.1 Å². The van der Waals surface area contributed by atoms with Crippen molar-refractivity contribution in [2.75, 3.05) is 4.90 Å². The second kappa shape index (κ2) is 8.06. The second-order valence-electron chi connectivity index (χ2n) is 9.12. The lowest BCUT2D eigenvalue weighted by atomic mass is 9.94. The molecule has 3 aliphatic heterocycles. The standard InChI is InChI=1S/C28H19FN6O2/c29-20-8-2-1-5-16(20)13-18-14-17-6-3-7-19-24(30-10-12-34(18)25(17)19)23-22(26(36)33-27(23)37)21-15-32-28-31-9-4-11-35(21)28/h1-12,15,18H,13-14H2,(H,33,36,37). The Labute approximate surface area is 210 Å². The summed E-state index contributed by atoms with van der Waals surface area (Å²) >= 11 is 0. The summed E-state index contributed by atoms with van der Waals surface area (Å²) in [6.45, 7) is 0. The van der Waals surface area contributed by atoms with Gasteiger partial charge in [0.15, 0.2) is 0 Å². The third-order valence-electron chi connectivity index (χ3n) is 7.04. The minimum Gasteiger partial charge on any atom is -0.342 e. The Morgan fingerprint density at radius 3 is 2.76 bits per heavy atom. The third-order valence-corrected chi connectivity index (χ3v) is 7.04. The fourth-order valence-corrected chi connectivity index (χ4v) is 5.46. The van der Waals surface area contributed by atoms with Crippen LogP contribution in [0.1, 0.15) is 22.4 Å². The number of aliphatic imine (C=N–C) groups is 1. The number of nitrogens with zero attached hydrogens (tertiary/aromatic N) is 5. The van der Waals surface area contributed by atoms with E-state index >= 15 is 0 Å². The molecule has 2 aromatic heterocycles. The van der Waals surface area contributed by atoms with Crippen molar-refractivity contribution in [3.8, 4) is 0 Å². The maximum atomic E-state index is 14.5. The smallest absolute Gasteiger partial charge is 0.261 e. The van der Waals surface area contributed by atoms with Crippen molar-refractivity contribution in [2.45, 2.75) is 18.9 Å². The third kappa shape index (κ3) is 3.24. The van der Waals surface area contributed by atoms with Crippen molar-refractivity contribution >= 4 is 34.6 Å². The summed E-state index contributed by atoms with van der Waals surface area (Å²) in [5.74, 6) is -0.837. The molecule has 0 fully saturated rings. The predicted molar refractivity (Wildman–Crippen MR) is 135 cm³/mol. The van der Waals surface area contributed by atoms with Gasteiger partial charge in [0.1, 0.15) is 5.82 Å². The highest BCUT2D eigenvalue weighted by molar-refractivity contribution is 6.47. The molecule has 8 nitrogen and oxygen atoms in total. The van der Waals surface area contributed by atoms with E-state index in [0.29, 0.717) is 35.6 Å². The number of anilines is 1. The van der Waals surface area contributed by atoms with Crippen molar-refractivity contribution in [3.05, 3.63) is 113 Å². The molecule has 7 rings (SSSR count). The summed E-state index contributed by atoms with van der Waals surface area (Å²) in [5, 5.41) is 2.43. The number of halogens is 1. The average Bonchev–Trinajstić information content (AvgIpc) is 3.51. The number of imidazole rings is 1. The average molecular weight is 490 g/mol. The molecular formula is C28H19FN6O2. The van der Waals surface area contributed by atoms with Gasteiger partial charge in [-0.25, -0.2) is 14.4 Å². The van der Waals surface area contributed by atoms with Gasteiger partial charge < -0.3 is 4.90 Å². The number of benzene rings is 2. The number of hydrogen-bond acceptors (Lipinski definition) is 6. The zero-order valence-corrected chi connectivity index (χ0v) is 19.4. The number of fused-ring (bicyclic) bond motifs is 1. The summed E-state index contributed by atoms with van der Waals surface area (Å²) in [5.41, 5.74) is 4.62. The van der Waals surface area contributed by atoms with Gasteiger partial charge in [0, 0.05) is 36.4 Å². The predicted octanol–water partition coefficient (Wildman–Crippen LogP) is 3.23. The topological polar surface area (TPSA) is 92.0 Å². The Balaban J connectivity index is 1.36. The van der Waals surface area contributed by atoms with E-state index in [2.05, 4.69) is 25.2 Å². The number of para-hydroxylation sites is 1. The maximum Gasteiger partial charge on any atom is 0.261 e. The Morgan fingerprint density at radius 2 is 1.86 bits per heavy atom. The minimum atomic E-state index is -0.516. The lowest BCUT2D eigenvalue weighted by Crippen LogP contribution is -2.30. The number of rotatable bonds is 4. The first-order valence-corrected chi connectivity index (χ1v) is 11.9. The summed E-state index contributed by atoms with van der Waals surface area (Å²) in [4.78, 5) is 41.5. The van der Waals surface area contributed by atoms with Crippen molar-refractivity contribution in [3.63, 3.8) is 0 Å². The monoisotopic (exact) mass is 490 g/mol. The quantitative estimate of drug-likeness (QED) is 0.444. The van der Waals surface area contributed by atoms with Crippen molar-refractivity contribution in [2.24, 2.45) is 4.99 Å². The molecule has 0 radical (unpaired) electrons. The van der Waals surface area contributed by atoms with Gasteiger partial charge in [-0.05, 0) is 36.1 Å². The van der Waals surface area contributed by atoms with E-state index in [1.54, 1.807) is 41.2 Å². The molecule has 0 spiro atoms. The van der Waals surface area contributed by atoms with Crippen LogP contribution in [-0.4, -0.2) is 37.9 Å². The summed E-state index contributed by atoms with van der Waals surface area (Å²) in [6.07, 6.45) is 9.62. The Kier molecular flexibility index (Phi) is 4.65. The Morgan fingerprint density at radius 1 is 1.00 bits per heavy atom. The van der Waals surface area contributed by atoms with E-state index in [9.17, 15) is 14.0 Å². The minimum absolute atomic E-state index is 0.0174. The number of aromatic nitrogens is 3. The van der Waals surface area contributed by atoms with E-state index in [0.717, 1.165) is 16.8 Å². The molecule has 2 aromatic carbocycles. The van der Waals surface area contributed by atoms with Gasteiger partial charge >= 0.3 is 0 Å². The van der Waals surface area contributed by atoms with Crippen molar-refractivity contribution in [1.82, 2.24) is 19.7 Å². The molecule has 9 heteroatoms. The van der Waals surface area contributed by atoms with Gasteiger partial charge in [-0.15, -0.1) is 0 Å². The van der Waals surface area contributed by atoms with Crippen LogP contribution in [-0.2, 0) is 22.4 Å². The summed E-state index contributed by atoms with van der Waals surface area (Å²) < 4.78 is 16.1. The van der Waals surface area contributed by atoms with Crippen LogP contribution in [0, 0.1) is 5.82 Å². The molecule has 0 bridgehead atoms. The molecule has 4 aromatic rings. The van der Waals surface area contributed by atoms with E-state index in [4.69, 9.17) is 0 Å². The van der Waals surface area contributed by atoms with Gasteiger partial charge in [0.2, 0.25) is 5.78 Å². The van der Waals surface area contributed by atoms with E-state index in [1.165, 1.54) is 12.3 Å². The second-order valence-corrected chi connectivity index (χ2v) is 9.12. The lowest BCUT2D eigenvalue weighted by molar-refractivity contribution is -0.123. The molecule has 0 saturated heterocycles. The number of carbonyl (C=O) groups excluding carboxylic acids is 2. The highest BCUT2D eigenvalue weighted by Crippen LogP contribution is 2.41. The molecule has 1 N–H and O–H groups in total. The zero-order valence-electron chi connectivity index (χ0n) is 19.4.